The van der Waals surface area contributed by atoms with E-state index >= 15 is 0 Å². The zero-order valence-corrected chi connectivity index (χ0v) is 11.9. The predicted molar refractivity (Wildman–Crippen MR) is 74.2 cm³/mol. The van der Waals surface area contributed by atoms with Crippen LogP contribution in [0.3, 0.4) is 0 Å². The molecular formula is C13H18ClN3O2. The number of nitrogens with zero attached hydrogens (tertiary/aromatic N) is 2. The van der Waals surface area contributed by atoms with Crippen LogP contribution in [0.2, 0.25) is 5.02 Å². The van der Waals surface area contributed by atoms with Gasteiger partial charge in [-0.1, -0.05) is 11.6 Å². The highest BCUT2D eigenvalue weighted by atomic mass is 35.5. The van der Waals surface area contributed by atoms with Gasteiger partial charge in [-0.15, -0.1) is 0 Å². The number of carbonyl (C=O) groups is 1. The average molecular weight is 284 g/mol. The molecule has 0 amide bonds. The first kappa shape index (κ1) is 14.1. The lowest BCUT2D eigenvalue weighted by Gasteiger charge is -2.22. The fourth-order valence-electron chi connectivity index (χ4n) is 2.35. The van der Waals surface area contributed by atoms with E-state index in [1.165, 1.54) is 7.11 Å². The van der Waals surface area contributed by atoms with Gasteiger partial charge in [-0.2, -0.15) is 0 Å². The molecule has 1 saturated heterocycles. The van der Waals surface area contributed by atoms with Gasteiger partial charge in [-0.05, 0) is 31.5 Å². The van der Waals surface area contributed by atoms with Crippen molar-refractivity contribution in [2.75, 3.05) is 26.0 Å². The molecule has 1 N–H and O–H groups in total. The number of rotatable bonds is 4. The van der Waals surface area contributed by atoms with Crippen molar-refractivity contribution in [1.82, 2.24) is 9.88 Å². The molecule has 1 aromatic rings. The minimum absolute atomic E-state index is 0.180. The van der Waals surface area contributed by atoms with Crippen LogP contribution < -0.4 is 5.32 Å². The van der Waals surface area contributed by atoms with Gasteiger partial charge < -0.3 is 10.1 Å². The van der Waals surface area contributed by atoms with Crippen LogP contribution in [0, 0.1) is 0 Å². The quantitative estimate of drug-likeness (QED) is 0.856. The summed E-state index contributed by atoms with van der Waals surface area (Å²) < 4.78 is 4.83. The van der Waals surface area contributed by atoms with Crippen LogP contribution in [0.25, 0.3) is 0 Å². The van der Waals surface area contributed by atoms with Gasteiger partial charge in [-0.3, -0.25) is 9.69 Å². The number of carbonyl (C=O) groups excluding carboxylic acids is 1. The van der Waals surface area contributed by atoms with Crippen LogP contribution in [-0.4, -0.2) is 42.6 Å². The highest BCUT2D eigenvalue weighted by Crippen LogP contribution is 2.24. The van der Waals surface area contributed by atoms with E-state index in [2.05, 4.69) is 15.2 Å². The molecule has 1 fully saturated rings. The smallest absolute Gasteiger partial charge is 0.323 e. The molecule has 0 spiro atoms. The Morgan fingerprint density at radius 1 is 1.63 bits per heavy atom. The number of pyridine rings is 1. The minimum atomic E-state index is -0.182. The molecule has 1 aliphatic heterocycles. The van der Waals surface area contributed by atoms with Crippen molar-refractivity contribution < 1.29 is 9.53 Å². The summed E-state index contributed by atoms with van der Waals surface area (Å²) in [6, 6.07) is 3.47. The number of hydrogen-bond donors (Lipinski definition) is 1. The van der Waals surface area contributed by atoms with Crippen molar-refractivity contribution in [2.24, 2.45) is 0 Å². The Labute approximate surface area is 117 Å². The topological polar surface area (TPSA) is 54.5 Å². The maximum absolute atomic E-state index is 11.7. The van der Waals surface area contributed by atoms with Crippen LogP contribution in [0.15, 0.2) is 12.1 Å². The number of ether oxygens (including phenoxy) is 1. The molecule has 104 valence electrons. The van der Waals surface area contributed by atoms with Gasteiger partial charge in [0.15, 0.2) is 0 Å². The van der Waals surface area contributed by atoms with Gasteiger partial charge in [0.2, 0.25) is 0 Å². The molecule has 5 nitrogen and oxygen atoms in total. The maximum atomic E-state index is 11.7. The summed E-state index contributed by atoms with van der Waals surface area (Å²) in [5.74, 6) is 0.589. The minimum Gasteiger partial charge on any atom is -0.468 e. The Kier molecular flexibility index (Phi) is 4.61. The summed E-state index contributed by atoms with van der Waals surface area (Å²) in [7, 11) is 3.23. The third-order valence-corrected chi connectivity index (χ3v) is 3.71. The SMILES string of the molecule is CNc1ccc(Cl)c(CN2CCCC2C(=O)OC)n1. The fraction of sp³-hybridized carbons (Fsp3) is 0.538. The van der Waals surface area contributed by atoms with Gasteiger partial charge in [-0.25, -0.2) is 4.98 Å². The number of esters is 1. The molecule has 2 rings (SSSR count). The van der Waals surface area contributed by atoms with E-state index in [-0.39, 0.29) is 12.0 Å². The Balaban J connectivity index is 2.14. The van der Waals surface area contributed by atoms with E-state index in [1.54, 1.807) is 0 Å². The summed E-state index contributed by atoms with van der Waals surface area (Å²) in [4.78, 5) is 18.2. The summed E-state index contributed by atoms with van der Waals surface area (Å²) in [5, 5.41) is 3.60. The molecular weight excluding hydrogens is 266 g/mol. The standard InChI is InChI=1S/C13H18ClN3O2/c1-15-12-6-5-9(14)10(16-12)8-17-7-3-4-11(17)13(18)19-2/h5-6,11H,3-4,7-8H2,1-2H3,(H,15,16). The van der Waals surface area contributed by atoms with Gasteiger partial charge in [0.05, 0.1) is 17.8 Å². The number of aromatic nitrogens is 1. The lowest BCUT2D eigenvalue weighted by atomic mass is 10.2. The highest BCUT2D eigenvalue weighted by molar-refractivity contribution is 6.31. The number of anilines is 1. The van der Waals surface area contributed by atoms with E-state index in [0.717, 1.165) is 30.9 Å². The van der Waals surface area contributed by atoms with E-state index < -0.39 is 0 Å². The van der Waals surface area contributed by atoms with E-state index in [1.807, 2.05) is 19.2 Å². The Morgan fingerprint density at radius 3 is 3.11 bits per heavy atom. The third kappa shape index (κ3) is 3.16. The largest absolute Gasteiger partial charge is 0.468 e. The molecule has 19 heavy (non-hydrogen) atoms. The van der Waals surface area contributed by atoms with Crippen LogP contribution in [-0.2, 0) is 16.1 Å². The van der Waals surface area contributed by atoms with Gasteiger partial charge in [0.1, 0.15) is 11.9 Å². The number of likely N-dealkylation sites (tertiary alicyclic amines) is 1. The highest BCUT2D eigenvalue weighted by Gasteiger charge is 2.31. The maximum Gasteiger partial charge on any atom is 0.323 e. The average Bonchev–Trinajstić information content (AvgIpc) is 2.88. The monoisotopic (exact) mass is 283 g/mol. The molecule has 1 atom stereocenters. The Hall–Kier alpha value is -1.33. The summed E-state index contributed by atoms with van der Waals surface area (Å²) in [6.07, 6.45) is 1.82. The van der Waals surface area contributed by atoms with Crippen molar-refractivity contribution in [3.63, 3.8) is 0 Å². The first-order chi connectivity index (χ1) is 9.15. The Bertz CT molecular complexity index is 467. The van der Waals surface area contributed by atoms with Crippen LogP contribution in [0.1, 0.15) is 18.5 Å². The normalized spacial score (nSPS) is 19.4. The molecule has 0 bridgehead atoms. The van der Waals surface area contributed by atoms with Crippen molar-refractivity contribution in [2.45, 2.75) is 25.4 Å². The summed E-state index contributed by atoms with van der Waals surface area (Å²) in [6.45, 7) is 1.43. The third-order valence-electron chi connectivity index (χ3n) is 3.36. The van der Waals surface area contributed by atoms with Gasteiger partial charge in [0, 0.05) is 13.6 Å². The first-order valence-electron chi connectivity index (χ1n) is 6.30. The summed E-state index contributed by atoms with van der Waals surface area (Å²) in [5.41, 5.74) is 0.782. The van der Waals surface area contributed by atoms with Gasteiger partial charge in [0.25, 0.3) is 0 Å². The van der Waals surface area contributed by atoms with Crippen molar-refractivity contribution >= 4 is 23.4 Å². The zero-order chi connectivity index (χ0) is 13.8. The first-order valence-corrected chi connectivity index (χ1v) is 6.68. The molecule has 0 radical (unpaired) electrons. The van der Waals surface area contributed by atoms with Crippen molar-refractivity contribution in [3.8, 4) is 0 Å². The lowest BCUT2D eigenvalue weighted by Crippen LogP contribution is -2.36. The number of methoxy groups -OCH3 is 1. The molecule has 2 heterocycles. The lowest BCUT2D eigenvalue weighted by molar-refractivity contribution is -0.146. The van der Waals surface area contributed by atoms with E-state index in [9.17, 15) is 4.79 Å². The molecule has 1 aliphatic rings. The molecule has 0 aliphatic carbocycles. The van der Waals surface area contributed by atoms with E-state index in [4.69, 9.17) is 16.3 Å². The number of hydrogen-bond acceptors (Lipinski definition) is 5. The zero-order valence-electron chi connectivity index (χ0n) is 11.1. The van der Waals surface area contributed by atoms with Crippen molar-refractivity contribution in [1.29, 1.82) is 0 Å². The van der Waals surface area contributed by atoms with E-state index in [0.29, 0.717) is 11.6 Å². The second-order valence-electron chi connectivity index (χ2n) is 4.53. The molecule has 1 aromatic heterocycles. The van der Waals surface area contributed by atoms with Gasteiger partial charge >= 0.3 is 5.97 Å². The summed E-state index contributed by atoms with van der Waals surface area (Å²) >= 11 is 6.16. The van der Waals surface area contributed by atoms with Crippen LogP contribution in [0.5, 0.6) is 0 Å². The molecule has 6 heteroatoms. The van der Waals surface area contributed by atoms with Crippen molar-refractivity contribution in [3.05, 3.63) is 22.8 Å². The molecule has 0 saturated carbocycles. The number of nitrogens with one attached hydrogen (secondary N) is 1. The van der Waals surface area contributed by atoms with Crippen LogP contribution in [0.4, 0.5) is 5.82 Å². The molecule has 1 unspecified atom stereocenters. The Morgan fingerprint density at radius 2 is 2.42 bits per heavy atom. The second kappa shape index (κ2) is 6.21. The predicted octanol–water partition coefficient (Wildman–Crippen LogP) is 1.91. The fourth-order valence-corrected chi connectivity index (χ4v) is 2.51. The molecule has 0 aromatic carbocycles. The second-order valence-corrected chi connectivity index (χ2v) is 4.93. The number of halogens is 1. The van der Waals surface area contributed by atoms with Crippen LogP contribution >= 0.6 is 11.6 Å².